The van der Waals surface area contributed by atoms with Gasteiger partial charge in [-0.15, -0.1) is 0 Å². The number of hydrogen-bond donors (Lipinski definition) is 3. The molecule has 0 heterocycles. The number of amides is 1. The van der Waals surface area contributed by atoms with Gasteiger partial charge in [-0.25, -0.2) is 5.43 Å². The summed E-state index contributed by atoms with van der Waals surface area (Å²) in [5.74, 6) is -0.537. The van der Waals surface area contributed by atoms with Crippen molar-refractivity contribution in [1.82, 2.24) is 5.43 Å². The number of anilines is 1. The van der Waals surface area contributed by atoms with Crippen LogP contribution in [0.4, 0.5) is 11.4 Å². The number of nitro groups is 1. The zero-order valence-corrected chi connectivity index (χ0v) is 15.4. The van der Waals surface area contributed by atoms with Crippen LogP contribution in [0.2, 0.25) is 0 Å². The normalized spacial score (nSPS) is 11.9. The fourth-order valence-electron chi connectivity index (χ4n) is 2.10. The summed E-state index contributed by atoms with van der Waals surface area (Å²) in [6.45, 7) is 1.85. The van der Waals surface area contributed by atoms with Gasteiger partial charge in [-0.1, -0.05) is 22.9 Å². The van der Waals surface area contributed by atoms with E-state index in [9.17, 15) is 20.0 Å². The Morgan fingerprint density at radius 3 is 2.65 bits per heavy atom. The van der Waals surface area contributed by atoms with E-state index in [0.717, 1.165) is 16.4 Å². The molecule has 0 aliphatic heterocycles. The highest BCUT2D eigenvalue weighted by Gasteiger charge is 2.15. The van der Waals surface area contributed by atoms with Crippen LogP contribution >= 0.6 is 15.9 Å². The van der Waals surface area contributed by atoms with Crippen LogP contribution in [-0.2, 0) is 4.79 Å². The van der Waals surface area contributed by atoms with Gasteiger partial charge in [-0.05, 0) is 36.8 Å². The number of hydrazone groups is 1. The minimum absolute atomic E-state index is 0.133. The van der Waals surface area contributed by atoms with E-state index in [2.05, 4.69) is 31.8 Å². The third kappa shape index (κ3) is 5.28. The lowest BCUT2D eigenvalue weighted by Crippen LogP contribution is -2.36. The van der Waals surface area contributed by atoms with Crippen molar-refractivity contribution >= 4 is 39.4 Å². The van der Waals surface area contributed by atoms with Gasteiger partial charge in [0, 0.05) is 27.9 Å². The van der Waals surface area contributed by atoms with E-state index in [4.69, 9.17) is 0 Å². The molecule has 0 unspecified atom stereocenters. The zero-order chi connectivity index (χ0) is 19.1. The molecular weight excluding hydrogens is 404 g/mol. The molecule has 0 aliphatic carbocycles. The van der Waals surface area contributed by atoms with Crippen LogP contribution in [0.3, 0.4) is 0 Å². The average Bonchev–Trinajstić information content (AvgIpc) is 2.62. The Labute approximate surface area is 158 Å². The molecule has 0 spiro atoms. The number of carbonyl (C=O) groups excluding carboxylic acids is 1. The molecule has 1 amide bonds. The smallest absolute Gasteiger partial charge is 0.270 e. The van der Waals surface area contributed by atoms with Gasteiger partial charge in [-0.3, -0.25) is 14.9 Å². The fourth-order valence-corrected chi connectivity index (χ4v) is 2.37. The van der Waals surface area contributed by atoms with E-state index >= 15 is 0 Å². The Morgan fingerprint density at radius 1 is 1.35 bits per heavy atom. The van der Waals surface area contributed by atoms with E-state index in [1.165, 1.54) is 18.2 Å². The molecule has 0 radical (unpaired) electrons. The highest BCUT2D eigenvalue weighted by molar-refractivity contribution is 9.10. The number of hydrogen-bond acceptors (Lipinski definition) is 6. The number of nitrogens with zero attached hydrogens (tertiary/aromatic N) is 2. The number of carbonyl (C=O) groups is 1. The summed E-state index contributed by atoms with van der Waals surface area (Å²) < 4.78 is 0.932. The second kappa shape index (κ2) is 8.95. The fraction of sp³-hybridized carbons (Fsp3) is 0.176. The third-order valence-electron chi connectivity index (χ3n) is 3.51. The van der Waals surface area contributed by atoms with Gasteiger partial charge in [0.15, 0.2) is 0 Å². The Bertz CT molecular complexity index is 824. The topological polar surface area (TPSA) is 117 Å². The number of aromatic hydroxyl groups is 1. The van der Waals surface area contributed by atoms with E-state index in [0.29, 0.717) is 6.42 Å². The summed E-state index contributed by atoms with van der Waals surface area (Å²) in [4.78, 5) is 22.4. The predicted octanol–water partition coefficient (Wildman–Crippen LogP) is 3.40. The Morgan fingerprint density at radius 2 is 2.04 bits per heavy atom. The molecule has 0 saturated heterocycles. The second-order valence-corrected chi connectivity index (χ2v) is 6.26. The highest BCUT2D eigenvalue weighted by atomic mass is 79.9. The number of benzene rings is 2. The van der Waals surface area contributed by atoms with E-state index in [1.54, 1.807) is 0 Å². The summed E-state index contributed by atoms with van der Waals surface area (Å²) in [6.07, 6.45) is 1.69. The molecule has 0 saturated carbocycles. The molecular formula is C17H17BrN4O4. The SMILES string of the molecule is CC[C@@H](Nc1ccc(Br)cc1)C(=O)N/N=C\c1cc([N+](=O)[O-])ccc1O. The summed E-state index contributed by atoms with van der Waals surface area (Å²) in [7, 11) is 0. The Balaban J connectivity index is 2.01. The second-order valence-electron chi connectivity index (χ2n) is 5.35. The van der Waals surface area contributed by atoms with Crippen LogP contribution in [0.15, 0.2) is 52.0 Å². The molecule has 136 valence electrons. The van der Waals surface area contributed by atoms with E-state index in [-0.39, 0.29) is 22.9 Å². The highest BCUT2D eigenvalue weighted by Crippen LogP contribution is 2.21. The first-order chi connectivity index (χ1) is 12.4. The summed E-state index contributed by atoms with van der Waals surface area (Å²) in [5, 5.41) is 27.3. The molecule has 2 aromatic carbocycles. The monoisotopic (exact) mass is 420 g/mol. The molecule has 0 bridgehead atoms. The predicted molar refractivity (Wildman–Crippen MR) is 102 cm³/mol. The first-order valence-electron chi connectivity index (χ1n) is 7.73. The largest absolute Gasteiger partial charge is 0.507 e. The minimum Gasteiger partial charge on any atom is -0.507 e. The van der Waals surface area contributed by atoms with Crippen LogP contribution in [0.1, 0.15) is 18.9 Å². The van der Waals surface area contributed by atoms with Crippen molar-refractivity contribution < 1.29 is 14.8 Å². The van der Waals surface area contributed by atoms with Crippen LogP contribution in [0.25, 0.3) is 0 Å². The lowest BCUT2D eigenvalue weighted by atomic mass is 10.2. The molecule has 8 nitrogen and oxygen atoms in total. The Kier molecular flexibility index (Phi) is 6.67. The average molecular weight is 421 g/mol. The van der Waals surface area contributed by atoms with Gasteiger partial charge in [0.25, 0.3) is 11.6 Å². The number of nitrogens with one attached hydrogen (secondary N) is 2. The lowest BCUT2D eigenvalue weighted by Gasteiger charge is -2.16. The van der Waals surface area contributed by atoms with Crippen molar-refractivity contribution in [1.29, 1.82) is 0 Å². The van der Waals surface area contributed by atoms with E-state index < -0.39 is 11.0 Å². The van der Waals surface area contributed by atoms with Crippen molar-refractivity contribution in [2.75, 3.05) is 5.32 Å². The van der Waals surface area contributed by atoms with Crippen LogP contribution < -0.4 is 10.7 Å². The van der Waals surface area contributed by atoms with Crippen LogP contribution in [0, 0.1) is 10.1 Å². The quantitative estimate of drug-likeness (QED) is 0.360. The molecule has 9 heteroatoms. The van der Waals surface area contributed by atoms with E-state index in [1.807, 2.05) is 31.2 Å². The van der Waals surface area contributed by atoms with Gasteiger partial charge in [0.2, 0.25) is 0 Å². The maximum Gasteiger partial charge on any atom is 0.270 e. The first-order valence-corrected chi connectivity index (χ1v) is 8.52. The van der Waals surface area contributed by atoms with Gasteiger partial charge in [0.1, 0.15) is 11.8 Å². The number of non-ortho nitro benzene ring substituents is 1. The molecule has 0 fully saturated rings. The van der Waals surface area contributed by atoms with Crippen molar-refractivity contribution in [3.05, 3.63) is 62.6 Å². The first kappa shape index (κ1) is 19.4. The number of nitro benzene ring substituents is 1. The lowest BCUT2D eigenvalue weighted by molar-refractivity contribution is -0.384. The zero-order valence-electron chi connectivity index (χ0n) is 13.8. The standard InChI is InChI=1S/C17H17BrN4O4/c1-2-15(20-13-5-3-12(18)4-6-13)17(24)21-19-10-11-9-14(22(25)26)7-8-16(11)23/h3-10,15,20,23H,2H2,1H3,(H,21,24)/b19-10-/t15-/m1/s1. The maximum absolute atomic E-state index is 12.2. The van der Waals surface area contributed by atoms with Crippen LogP contribution in [0.5, 0.6) is 5.75 Å². The summed E-state index contributed by atoms with van der Waals surface area (Å²) in [6, 6.07) is 10.4. The van der Waals surface area contributed by atoms with Crippen molar-refractivity contribution in [3.8, 4) is 5.75 Å². The van der Waals surface area contributed by atoms with Gasteiger partial charge < -0.3 is 10.4 Å². The van der Waals surface area contributed by atoms with Crippen molar-refractivity contribution in [2.45, 2.75) is 19.4 Å². The molecule has 26 heavy (non-hydrogen) atoms. The van der Waals surface area contributed by atoms with Crippen molar-refractivity contribution in [3.63, 3.8) is 0 Å². The molecule has 0 aromatic heterocycles. The van der Waals surface area contributed by atoms with Gasteiger partial charge in [-0.2, -0.15) is 5.10 Å². The van der Waals surface area contributed by atoms with Crippen molar-refractivity contribution in [2.24, 2.45) is 5.10 Å². The molecule has 2 rings (SSSR count). The third-order valence-corrected chi connectivity index (χ3v) is 4.04. The number of phenolic OH excluding ortho intramolecular Hbond substituents is 1. The van der Waals surface area contributed by atoms with Gasteiger partial charge in [0.05, 0.1) is 11.1 Å². The summed E-state index contributed by atoms with van der Waals surface area (Å²) >= 11 is 3.35. The maximum atomic E-state index is 12.2. The molecule has 1 atom stereocenters. The minimum atomic E-state index is -0.579. The van der Waals surface area contributed by atoms with Gasteiger partial charge >= 0.3 is 0 Å². The number of halogens is 1. The Hall–Kier alpha value is -2.94. The summed E-state index contributed by atoms with van der Waals surface area (Å²) in [5.41, 5.74) is 3.11. The number of rotatable bonds is 7. The molecule has 3 N–H and O–H groups in total. The molecule has 2 aromatic rings. The molecule has 0 aliphatic rings. The number of phenols is 1. The van der Waals surface area contributed by atoms with Crippen LogP contribution in [-0.4, -0.2) is 28.2 Å².